The van der Waals surface area contributed by atoms with E-state index in [1.807, 2.05) is 26.0 Å². The molecule has 30 heavy (non-hydrogen) atoms. The molecule has 1 atom stereocenters. The molecule has 2 aromatic rings. The van der Waals surface area contributed by atoms with E-state index in [1.54, 1.807) is 24.3 Å². The Balaban J connectivity index is 0.00000450. The fraction of sp³-hybridized carbons (Fsp3) is 0.381. The minimum absolute atomic E-state index is 0. The van der Waals surface area contributed by atoms with Gasteiger partial charge < -0.3 is 15.4 Å². The van der Waals surface area contributed by atoms with E-state index in [0.717, 1.165) is 11.1 Å². The Morgan fingerprint density at radius 2 is 1.80 bits per heavy atom. The summed E-state index contributed by atoms with van der Waals surface area (Å²) in [7, 11) is -3.04. The molecule has 2 rings (SSSR count). The smallest absolute Gasteiger partial charge is 0.191 e. The van der Waals surface area contributed by atoms with Gasteiger partial charge >= 0.3 is 0 Å². The number of nitrogens with zero attached hydrogens (tertiary/aromatic N) is 1. The maximum atomic E-state index is 13.2. The van der Waals surface area contributed by atoms with E-state index in [0.29, 0.717) is 31.3 Å². The standard InChI is InChI=1S/C21H28FN3O3S.HI/c1-4-23-21(24-13-16(2)28-20-7-5-6-19(22)12-20)25-14-17-8-10-18(11-9-17)15-29(3,26)27;/h5-12,16H,4,13-15H2,1-3H3,(H2,23,24,25);1H. The quantitative estimate of drug-likeness (QED) is 0.285. The predicted octanol–water partition coefficient (Wildman–Crippen LogP) is 3.51. The molecule has 9 heteroatoms. The van der Waals surface area contributed by atoms with Gasteiger partial charge in [-0.1, -0.05) is 30.3 Å². The Kier molecular flexibility index (Phi) is 11.1. The summed E-state index contributed by atoms with van der Waals surface area (Å²) >= 11 is 0. The minimum atomic E-state index is -3.04. The number of guanidine groups is 1. The molecule has 0 aliphatic rings. The molecule has 2 N–H and O–H groups in total. The molecule has 0 aliphatic heterocycles. The maximum Gasteiger partial charge on any atom is 0.191 e. The molecule has 0 aliphatic carbocycles. The van der Waals surface area contributed by atoms with Gasteiger partial charge in [0, 0.05) is 18.9 Å². The van der Waals surface area contributed by atoms with Gasteiger partial charge in [-0.15, -0.1) is 24.0 Å². The summed E-state index contributed by atoms with van der Waals surface area (Å²) in [5, 5.41) is 6.38. The number of nitrogens with one attached hydrogen (secondary N) is 2. The van der Waals surface area contributed by atoms with Gasteiger partial charge in [0.2, 0.25) is 0 Å². The molecule has 0 spiro atoms. The van der Waals surface area contributed by atoms with Crippen molar-refractivity contribution >= 4 is 39.8 Å². The summed E-state index contributed by atoms with van der Waals surface area (Å²) in [4.78, 5) is 4.54. The highest BCUT2D eigenvalue weighted by molar-refractivity contribution is 14.0. The third kappa shape index (κ3) is 10.2. The third-order valence-electron chi connectivity index (χ3n) is 3.91. The van der Waals surface area contributed by atoms with Crippen molar-refractivity contribution in [1.82, 2.24) is 10.6 Å². The van der Waals surface area contributed by atoms with Crippen molar-refractivity contribution in [2.75, 3.05) is 19.3 Å². The van der Waals surface area contributed by atoms with Crippen molar-refractivity contribution in [2.45, 2.75) is 32.2 Å². The van der Waals surface area contributed by atoms with Crippen molar-refractivity contribution in [2.24, 2.45) is 4.99 Å². The molecule has 0 heterocycles. The number of rotatable bonds is 9. The van der Waals surface area contributed by atoms with Crippen LogP contribution in [0.15, 0.2) is 53.5 Å². The Hall–Kier alpha value is -1.88. The first-order valence-corrected chi connectivity index (χ1v) is 11.5. The molecule has 0 radical (unpaired) electrons. The maximum absolute atomic E-state index is 13.2. The van der Waals surface area contributed by atoms with Crippen LogP contribution in [-0.4, -0.2) is 39.8 Å². The largest absolute Gasteiger partial charge is 0.489 e. The van der Waals surface area contributed by atoms with Crippen molar-refractivity contribution in [3.63, 3.8) is 0 Å². The van der Waals surface area contributed by atoms with E-state index in [4.69, 9.17) is 4.74 Å². The van der Waals surface area contributed by atoms with Gasteiger partial charge in [-0.05, 0) is 37.1 Å². The predicted molar refractivity (Wildman–Crippen MR) is 130 cm³/mol. The van der Waals surface area contributed by atoms with Gasteiger partial charge in [0.1, 0.15) is 17.7 Å². The molecule has 166 valence electrons. The van der Waals surface area contributed by atoms with Gasteiger partial charge in [0.05, 0.1) is 18.8 Å². The topological polar surface area (TPSA) is 79.8 Å². The highest BCUT2D eigenvalue weighted by Gasteiger charge is 2.07. The number of ether oxygens (including phenoxy) is 1. The monoisotopic (exact) mass is 549 g/mol. The van der Waals surface area contributed by atoms with Crippen LogP contribution >= 0.6 is 24.0 Å². The highest BCUT2D eigenvalue weighted by atomic mass is 127. The van der Waals surface area contributed by atoms with E-state index in [-0.39, 0.29) is 41.7 Å². The first kappa shape index (κ1) is 26.2. The van der Waals surface area contributed by atoms with Gasteiger partial charge in [-0.25, -0.2) is 17.8 Å². The van der Waals surface area contributed by atoms with E-state index in [1.165, 1.54) is 18.4 Å². The summed E-state index contributed by atoms with van der Waals surface area (Å²) in [6.07, 6.45) is 1.04. The van der Waals surface area contributed by atoms with Crippen LogP contribution in [0.2, 0.25) is 0 Å². The van der Waals surface area contributed by atoms with E-state index in [2.05, 4.69) is 15.6 Å². The zero-order valence-electron chi connectivity index (χ0n) is 17.4. The average Bonchev–Trinajstić information content (AvgIpc) is 2.64. The molecule has 0 fully saturated rings. The lowest BCUT2D eigenvalue weighted by molar-refractivity contribution is 0.223. The average molecular weight is 549 g/mol. The summed E-state index contributed by atoms with van der Waals surface area (Å²) in [6.45, 7) is 5.52. The van der Waals surface area contributed by atoms with Crippen molar-refractivity contribution in [3.05, 3.63) is 65.5 Å². The normalized spacial score (nSPS) is 12.6. The van der Waals surface area contributed by atoms with E-state index < -0.39 is 9.84 Å². The lowest BCUT2D eigenvalue weighted by Crippen LogP contribution is -2.41. The van der Waals surface area contributed by atoms with E-state index in [9.17, 15) is 12.8 Å². The molecular weight excluding hydrogens is 520 g/mol. The number of aliphatic imine (C=N–C) groups is 1. The van der Waals surface area contributed by atoms with Crippen molar-refractivity contribution in [1.29, 1.82) is 0 Å². The zero-order chi connectivity index (χ0) is 21.3. The second kappa shape index (κ2) is 12.7. The molecule has 1 unspecified atom stereocenters. The molecular formula is C21H29FIN3O3S. The first-order valence-electron chi connectivity index (χ1n) is 9.45. The van der Waals surface area contributed by atoms with Crippen LogP contribution < -0.4 is 15.4 Å². The van der Waals surface area contributed by atoms with Crippen LogP contribution in [0, 0.1) is 5.82 Å². The molecule has 0 saturated carbocycles. The number of benzene rings is 2. The summed E-state index contributed by atoms with van der Waals surface area (Å²) in [5.74, 6) is 0.821. The minimum Gasteiger partial charge on any atom is -0.489 e. The fourth-order valence-electron chi connectivity index (χ4n) is 2.61. The first-order chi connectivity index (χ1) is 13.7. The van der Waals surface area contributed by atoms with Crippen LogP contribution in [0.25, 0.3) is 0 Å². The molecule has 0 aromatic heterocycles. The Morgan fingerprint density at radius 1 is 1.13 bits per heavy atom. The SMILES string of the molecule is CCNC(=NCc1ccc(CS(C)(=O)=O)cc1)NCC(C)Oc1cccc(F)c1.I. The van der Waals surface area contributed by atoms with Crippen LogP contribution in [0.5, 0.6) is 5.75 Å². The summed E-state index contributed by atoms with van der Waals surface area (Å²) < 4.78 is 41.7. The molecule has 0 bridgehead atoms. The number of halogens is 2. The number of hydrogen-bond acceptors (Lipinski definition) is 4. The number of sulfone groups is 1. The van der Waals surface area contributed by atoms with Crippen LogP contribution in [0.4, 0.5) is 4.39 Å². The lowest BCUT2D eigenvalue weighted by Gasteiger charge is -2.17. The lowest BCUT2D eigenvalue weighted by atomic mass is 10.1. The molecule has 2 aromatic carbocycles. The zero-order valence-corrected chi connectivity index (χ0v) is 20.5. The van der Waals surface area contributed by atoms with E-state index >= 15 is 0 Å². The fourth-order valence-corrected chi connectivity index (χ4v) is 3.41. The molecule has 6 nitrogen and oxygen atoms in total. The Morgan fingerprint density at radius 3 is 2.40 bits per heavy atom. The second-order valence-corrected chi connectivity index (χ2v) is 8.99. The second-order valence-electron chi connectivity index (χ2n) is 6.85. The highest BCUT2D eigenvalue weighted by Crippen LogP contribution is 2.13. The van der Waals surface area contributed by atoms with Crippen LogP contribution in [0.1, 0.15) is 25.0 Å². The van der Waals surface area contributed by atoms with Gasteiger partial charge in [0.15, 0.2) is 15.8 Å². The third-order valence-corrected chi connectivity index (χ3v) is 4.76. The van der Waals surface area contributed by atoms with Gasteiger partial charge in [-0.2, -0.15) is 0 Å². The summed E-state index contributed by atoms with van der Waals surface area (Å²) in [5.41, 5.74) is 1.73. The number of hydrogen-bond donors (Lipinski definition) is 2. The van der Waals surface area contributed by atoms with Crippen LogP contribution in [-0.2, 0) is 22.1 Å². The van der Waals surface area contributed by atoms with Gasteiger partial charge in [-0.3, -0.25) is 0 Å². The molecule has 0 amide bonds. The summed E-state index contributed by atoms with van der Waals surface area (Å²) in [6, 6.07) is 13.4. The van der Waals surface area contributed by atoms with Gasteiger partial charge in [0.25, 0.3) is 0 Å². The molecule has 0 saturated heterocycles. The Labute approximate surface area is 195 Å². The Bertz CT molecular complexity index is 921. The van der Waals surface area contributed by atoms with Crippen LogP contribution in [0.3, 0.4) is 0 Å². The van der Waals surface area contributed by atoms with Crippen molar-refractivity contribution in [3.8, 4) is 5.75 Å². The van der Waals surface area contributed by atoms with Crippen molar-refractivity contribution < 1.29 is 17.5 Å².